The van der Waals surface area contributed by atoms with Crippen molar-refractivity contribution in [3.8, 4) is 117 Å². The minimum atomic E-state index is -1.53. The predicted octanol–water partition coefficient (Wildman–Crippen LogP) is 15.1. The fraction of sp³-hybridized carbons (Fsp3) is 0.167. The average molecular weight is 1070 g/mol. The van der Waals surface area contributed by atoms with Crippen LogP contribution < -0.4 is 0 Å². The fourth-order valence-corrected chi connectivity index (χ4v) is 9.38. The van der Waals surface area contributed by atoms with Crippen molar-refractivity contribution in [2.45, 2.75) is 78.6 Å². The van der Waals surface area contributed by atoms with Crippen molar-refractivity contribution in [1.82, 2.24) is 0 Å². The average Bonchev–Trinajstić information content (AvgIpc) is 3.85. The van der Waals surface area contributed by atoms with Crippen LogP contribution in [0, 0.1) is 117 Å². The first-order valence-electron chi connectivity index (χ1n) is 25.6. The molecule has 0 aliphatic rings. The van der Waals surface area contributed by atoms with Gasteiger partial charge in [0, 0.05) is 77.9 Å². The molecule has 0 spiro atoms. The van der Waals surface area contributed by atoms with Gasteiger partial charge in [0.15, 0.2) is 0 Å². The van der Waals surface area contributed by atoms with E-state index in [1.807, 2.05) is 109 Å². The summed E-state index contributed by atoms with van der Waals surface area (Å²) in [4.78, 5) is 1.92. The van der Waals surface area contributed by atoms with Gasteiger partial charge in [-0.1, -0.05) is 173 Å². The second kappa shape index (κ2) is 25.3. The van der Waals surface area contributed by atoms with E-state index in [-0.39, 0.29) is 0 Å². The summed E-state index contributed by atoms with van der Waals surface area (Å²) in [6, 6.07) is 48.6. The molecule has 0 atom stereocenters. The molecule has 6 aromatic carbocycles. The van der Waals surface area contributed by atoms with Crippen LogP contribution in [0.4, 0.5) is 0 Å². The van der Waals surface area contributed by atoms with Gasteiger partial charge in [-0.3, -0.25) is 0 Å². The van der Waals surface area contributed by atoms with Gasteiger partial charge in [-0.15, -0.1) is 33.5 Å². The third-order valence-electron chi connectivity index (χ3n) is 10.4. The number of hydrogen-bond acceptors (Lipinski definition) is 1. The Balaban J connectivity index is 0.918. The largest absolute Gasteiger partial charge is 0.129 e. The molecule has 0 saturated heterocycles. The summed E-state index contributed by atoms with van der Waals surface area (Å²) in [5.74, 6) is 53.2. The lowest BCUT2D eigenvalue weighted by atomic mass is 10.1. The van der Waals surface area contributed by atoms with E-state index in [0.717, 1.165) is 87.6 Å². The molecular formula is C72H60SSi4. The van der Waals surface area contributed by atoms with Gasteiger partial charge >= 0.3 is 0 Å². The standard InChI is InChI=1S/C72H60SSi4/c1-74(2,3)47-43-67-51-65(52-68(55-67)44-48-75(4,5)6)35-33-61-21-17-57(18-22-61)13-15-59-25-29-63(30-26-59)37-39-71-41-42-72(73-71)40-38-64-31-27-60(28-32-64)16-14-58-19-23-62(24-20-58)34-36-66-53-69(45-49-76(7,8)9)56-70(54-66)46-50-77(10,11)12/h17-32,41-42,51-56H,1-12H3. The number of benzene rings is 6. The van der Waals surface area contributed by atoms with Gasteiger partial charge in [-0.05, 0) is 146 Å². The smallest absolute Gasteiger partial charge is 0.127 e. The van der Waals surface area contributed by atoms with E-state index < -0.39 is 32.3 Å². The van der Waals surface area contributed by atoms with Gasteiger partial charge in [0.25, 0.3) is 0 Å². The zero-order valence-corrected chi connectivity index (χ0v) is 51.1. The zero-order valence-electron chi connectivity index (χ0n) is 46.3. The molecule has 0 bridgehead atoms. The van der Waals surface area contributed by atoms with Gasteiger partial charge in [-0.25, -0.2) is 0 Å². The van der Waals surface area contributed by atoms with Crippen molar-refractivity contribution in [2.75, 3.05) is 0 Å². The van der Waals surface area contributed by atoms with Crippen LogP contribution in [-0.4, -0.2) is 32.3 Å². The number of hydrogen-bond donors (Lipinski definition) is 0. The lowest BCUT2D eigenvalue weighted by Crippen LogP contribution is -2.16. The Kier molecular flexibility index (Phi) is 18.5. The van der Waals surface area contributed by atoms with E-state index in [2.05, 4.69) is 232 Å². The van der Waals surface area contributed by atoms with Crippen molar-refractivity contribution >= 4 is 43.6 Å². The Morgan fingerprint density at radius 2 is 0.351 bits per heavy atom. The van der Waals surface area contributed by atoms with Gasteiger partial charge in [0.2, 0.25) is 0 Å². The second-order valence-corrected chi connectivity index (χ2v) is 42.7. The monoisotopic (exact) mass is 1070 g/mol. The highest BCUT2D eigenvalue weighted by atomic mass is 32.1. The molecular weight excluding hydrogens is 1010 g/mol. The lowest BCUT2D eigenvalue weighted by molar-refractivity contribution is 1.55. The topological polar surface area (TPSA) is 0 Å². The van der Waals surface area contributed by atoms with E-state index in [1.54, 1.807) is 11.3 Å². The summed E-state index contributed by atoms with van der Waals surface area (Å²) < 4.78 is 0. The predicted molar refractivity (Wildman–Crippen MR) is 340 cm³/mol. The Hall–Kier alpha value is -8.51. The van der Waals surface area contributed by atoms with E-state index in [1.165, 1.54) is 0 Å². The van der Waals surface area contributed by atoms with Crippen molar-refractivity contribution in [3.63, 3.8) is 0 Å². The first-order chi connectivity index (χ1) is 36.5. The van der Waals surface area contributed by atoms with Crippen molar-refractivity contribution < 1.29 is 0 Å². The quantitative estimate of drug-likeness (QED) is 0.105. The van der Waals surface area contributed by atoms with E-state index >= 15 is 0 Å². The highest BCUT2D eigenvalue weighted by Crippen LogP contribution is 2.17. The van der Waals surface area contributed by atoms with Gasteiger partial charge in [0.05, 0.1) is 9.75 Å². The molecule has 77 heavy (non-hydrogen) atoms. The maximum absolute atomic E-state index is 3.48. The summed E-state index contributed by atoms with van der Waals surface area (Å²) in [6.07, 6.45) is 0. The molecule has 0 N–H and O–H groups in total. The SMILES string of the molecule is C[Si](C)(C)C#Cc1cc(C#Cc2ccc(C#Cc3ccc(C#Cc4ccc(C#Cc5ccc(C#Cc6ccc(C#Cc7cc(C#C[Si](C)(C)C)cc(C#C[Si](C)(C)C)c7)cc6)cc5)s4)cc3)cc2)cc(C#C[Si](C)(C)C)c1. The molecule has 0 fully saturated rings. The van der Waals surface area contributed by atoms with E-state index in [4.69, 9.17) is 0 Å². The molecule has 0 nitrogen and oxygen atoms in total. The Bertz CT molecular complexity index is 3650. The van der Waals surface area contributed by atoms with Crippen LogP contribution in [0.1, 0.15) is 87.6 Å². The molecule has 0 amide bonds. The molecule has 370 valence electrons. The van der Waals surface area contributed by atoms with Crippen LogP contribution in [0.2, 0.25) is 78.6 Å². The Morgan fingerprint density at radius 3 is 0.532 bits per heavy atom. The molecule has 0 saturated carbocycles. The minimum Gasteiger partial charge on any atom is -0.127 e. The summed E-state index contributed by atoms with van der Waals surface area (Å²) >= 11 is 1.58. The van der Waals surface area contributed by atoms with Crippen LogP contribution >= 0.6 is 11.3 Å². The Labute approximate surface area is 469 Å². The lowest BCUT2D eigenvalue weighted by Gasteiger charge is -2.05. The first-order valence-corrected chi connectivity index (χ1v) is 40.4. The summed E-state index contributed by atoms with van der Waals surface area (Å²) in [5.41, 5.74) is 27.0. The van der Waals surface area contributed by atoms with Crippen LogP contribution in [0.5, 0.6) is 0 Å². The highest BCUT2D eigenvalue weighted by Gasteiger charge is 2.11. The number of thiophene rings is 1. The third-order valence-corrected chi connectivity index (χ3v) is 14.8. The molecule has 0 radical (unpaired) electrons. The van der Waals surface area contributed by atoms with Crippen molar-refractivity contribution in [2.24, 2.45) is 0 Å². The Morgan fingerprint density at radius 1 is 0.195 bits per heavy atom. The molecule has 1 heterocycles. The van der Waals surface area contributed by atoms with Crippen molar-refractivity contribution in [3.05, 3.63) is 233 Å². The fourth-order valence-electron chi connectivity index (χ4n) is 6.59. The van der Waals surface area contributed by atoms with E-state index in [9.17, 15) is 0 Å². The molecule has 1 aromatic heterocycles. The maximum Gasteiger partial charge on any atom is 0.129 e. The molecule has 0 unspecified atom stereocenters. The van der Waals surface area contributed by atoms with Gasteiger partial charge in [0.1, 0.15) is 32.3 Å². The van der Waals surface area contributed by atoms with Gasteiger partial charge in [-0.2, -0.15) is 0 Å². The molecule has 7 aromatic rings. The molecule has 7 rings (SSSR count). The van der Waals surface area contributed by atoms with Gasteiger partial charge < -0.3 is 0 Å². The normalized spacial score (nSPS) is 10.3. The summed E-state index contributed by atoms with van der Waals surface area (Å²) in [7, 11) is -6.11. The highest BCUT2D eigenvalue weighted by molar-refractivity contribution is 7.13. The summed E-state index contributed by atoms with van der Waals surface area (Å²) in [6.45, 7) is 27.0. The maximum atomic E-state index is 3.48. The number of rotatable bonds is 0. The molecule has 5 heteroatoms. The van der Waals surface area contributed by atoms with Crippen LogP contribution in [-0.2, 0) is 0 Å². The first kappa shape index (κ1) is 56.2. The second-order valence-electron chi connectivity index (χ2n) is 22.6. The third kappa shape index (κ3) is 20.6. The molecule has 0 aliphatic carbocycles. The van der Waals surface area contributed by atoms with Crippen LogP contribution in [0.25, 0.3) is 0 Å². The minimum absolute atomic E-state index is 0.915. The van der Waals surface area contributed by atoms with Crippen LogP contribution in [0.3, 0.4) is 0 Å². The van der Waals surface area contributed by atoms with Crippen LogP contribution in [0.15, 0.2) is 146 Å². The van der Waals surface area contributed by atoms with E-state index in [0.29, 0.717) is 0 Å². The molecule has 0 aliphatic heterocycles. The van der Waals surface area contributed by atoms with Crippen molar-refractivity contribution in [1.29, 1.82) is 0 Å². The summed E-state index contributed by atoms with van der Waals surface area (Å²) in [5, 5.41) is 0. The zero-order chi connectivity index (χ0) is 55.1.